The maximum atomic E-state index is 5.90. The van der Waals surface area contributed by atoms with Crippen LogP contribution in [0.4, 0.5) is 0 Å². The molecule has 1 rings (SSSR count). The van der Waals surface area contributed by atoms with Crippen molar-refractivity contribution in [1.29, 1.82) is 0 Å². The summed E-state index contributed by atoms with van der Waals surface area (Å²) in [6, 6.07) is 8.75. The molecule has 0 aliphatic heterocycles. The number of nitrogens with zero attached hydrogens (tertiary/aromatic N) is 1. The second kappa shape index (κ2) is 9.35. The van der Waals surface area contributed by atoms with Crippen LogP contribution in [0.25, 0.3) is 0 Å². The van der Waals surface area contributed by atoms with E-state index in [0.717, 1.165) is 24.7 Å². The van der Waals surface area contributed by atoms with Crippen LogP contribution in [-0.4, -0.2) is 31.1 Å². The van der Waals surface area contributed by atoms with Crippen molar-refractivity contribution in [1.82, 2.24) is 10.2 Å². The van der Waals surface area contributed by atoms with Gasteiger partial charge in [-0.05, 0) is 64.0 Å². The molecule has 3 heteroatoms. The lowest BCUT2D eigenvalue weighted by Crippen LogP contribution is -2.29. The third-order valence-corrected chi connectivity index (χ3v) is 3.75. The van der Waals surface area contributed by atoms with Crippen molar-refractivity contribution in [3.8, 4) is 0 Å². The van der Waals surface area contributed by atoms with Gasteiger partial charge >= 0.3 is 0 Å². The average molecular weight is 283 g/mol. The van der Waals surface area contributed by atoms with Gasteiger partial charge in [0.15, 0.2) is 0 Å². The Balaban J connectivity index is 2.24. The molecule has 0 fully saturated rings. The number of hydrogen-bond donors (Lipinski definition) is 1. The van der Waals surface area contributed by atoms with Crippen LogP contribution < -0.4 is 5.32 Å². The van der Waals surface area contributed by atoms with E-state index in [4.69, 9.17) is 11.6 Å². The highest BCUT2D eigenvalue weighted by Gasteiger charge is 2.09. The number of hydrogen-bond acceptors (Lipinski definition) is 2. The Bertz CT molecular complexity index is 337. The Labute approximate surface area is 123 Å². The molecule has 0 amide bonds. The van der Waals surface area contributed by atoms with Crippen molar-refractivity contribution in [2.24, 2.45) is 0 Å². The van der Waals surface area contributed by atoms with Crippen LogP contribution >= 0.6 is 11.6 Å². The summed E-state index contributed by atoms with van der Waals surface area (Å²) in [4.78, 5) is 2.41. The molecule has 0 aliphatic rings. The van der Waals surface area contributed by atoms with E-state index in [9.17, 15) is 0 Å². The summed E-state index contributed by atoms with van der Waals surface area (Å²) in [6.07, 6.45) is 3.69. The fourth-order valence-electron chi connectivity index (χ4n) is 2.08. The predicted molar refractivity (Wildman–Crippen MR) is 84.8 cm³/mol. The van der Waals surface area contributed by atoms with Crippen molar-refractivity contribution in [2.75, 3.05) is 20.1 Å². The highest BCUT2D eigenvalue weighted by atomic mass is 35.5. The second-order valence-corrected chi connectivity index (χ2v) is 5.72. The van der Waals surface area contributed by atoms with Gasteiger partial charge in [0.25, 0.3) is 0 Å². The van der Waals surface area contributed by atoms with Gasteiger partial charge in [0, 0.05) is 17.6 Å². The van der Waals surface area contributed by atoms with Crippen LogP contribution in [0.5, 0.6) is 0 Å². The SMILES string of the molecule is CCCNCCCC(C)N(C)Cc1ccc(Cl)cc1. The first kappa shape index (κ1) is 16.5. The number of benzene rings is 1. The molecular weight excluding hydrogens is 256 g/mol. The van der Waals surface area contributed by atoms with Gasteiger partial charge in [-0.2, -0.15) is 0 Å². The lowest BCUT2D eigenvalue weighted by Gasteiger charge is -2.25. The van der Waals surface area contributed by atoms with Gasteiger partial charge in [0.05, 0.1) is 0 Å². The van der Waals surface area contributed by atoms with Crippen LogP contribution in [0, 0.1) is 0 Å². The van der Waals surface area contributed by atoms with Crippen LogP contribution in [0.2, 0.25) is 5.02 Å². The fraction of sp³-hybridized carbons (Fsp3) is 0.625. The molecule has 0 heterocycles. The minimum atomic E-state index is 0.610. The van der Waals surface area contributed by atoms with Crippen molar-refractivity contribution >= 4 is 11.6 Å². The summed E-state index contributed by atoms with van der Waals surface area (Å²) < 4.78 is 0. The van der Waals surface area contributed by atoms with Gasteiger partial charge < -0.3 is 5.32 Å². The van der Waals surface area contributed by atoms with Gasteiger partial charge in [-0.3, -0.25) is 4.90 Å². The van der Waals surface area contributed by atoms with E-state index in [1.165, 1.54) is 24.8 Å². The van der Waals surface area contributed by atoms with Crippen LogP contribution in [-0.2, 0) is 6.54 Å². The summed E-state index contributed by atoms with van der Waals surface area (Å²) in [6.45, 7) is 7.76. The summed E-state index contributed by atoms with van der Waals surface area (Å²) in [5.41, 5.74) is 1.32. The van der Waals surface area contributed by atoms with Crippen LogP contribution in [0.3, 0.4) is 0 Å². The van der Waals surface area contributed by atoms with E-state index in [0.29, 0.717) is 6.04 Å². The molecule has 0 aliphatic carbocycles. The van der Waals surface area contributed by atoms with Gasteiger partial charge in [-0.15, -0.1) is 0 Å². The molecule has 1 aromatic carbocycles. The number of nitrogens with one attached hydrogen (secondary N) is 1. The first-order valence-electron chi connectivity index (χ1n) is 7.29. The Morgan fingerprint density at radius 1 is 1.21 bits per heavy atom. The lowest BCUT2D eigenvalue weighted by atomic mass is 10.1. The smallest absolute Gasteiger partial charge is 0.0406 e. The van der Waals surface area contributed by atoms with E-state index < -0.39 is 0 Å². The molecule has 0 bridgehead atoms. The average Bonchev–Trinajstić information content (AvgIpc) is 2.41. The minimum Gasteiger partial charge on any atom is -0.317 e. The third-order valence-electron chi connectivity index (χ3n) is 3.50. The molecule has 1 unspecified atom stereocenters. The van der Waals surface area contributed by atoms with Crippen molar-refractivity contribution < 1.29 is 0 Å². The maximum absolute atomic E-state index is 5.90. The van der Waals surface area contributed by atoms with Crippen molar-refractivity contribution in [3.63, 3.8) is 0 Å². The monoisotopic (exact) mass is 282 g/mol. The Kier molecular flexibility index (Phi) is 8.11. The molecule has 0 aromatic heterocycles. The summed E-state index contributed by atoms with van der Waals surface area (Å²) in [5.74, 6) is 0. The van der Waals surface area contributed by atoms with E-state index in [1.54, 1.807) is 0 Å². The van der Waals surface area contributed by atoms with Crippen molar-refractivity contribution in [3.05, 3.63) is 34.9 Å². The summed E-state index contributed by atoms with van der Waals surface area (Å²) in [7, 11) is 2.19. The Morgan fingerprint density at radius 3 is 2.53 bits per heavy atom. The van der Waals surface area contributed by atoms with E-state index in [-0.39, 0.29) is 0 Å². The molecule has 108 valence electrons. The number of halogens is 1. The van der Waals surface area contributed by atoms with Gasteiger partial charge in [-0.25, -0.2) is 0 Å². The standard InChI is InChI=1S/C16H27ClN2/c1-4-11-18-12-5-6-14(2)19(3)13-15-7-9-16(17)10-8-15/h7-10,14,18H,4-6,11-13H2,1-3H3. The zero-order chi connectivity index (χ0) is 14.1. The minimum absolute atomic E-state index is 0.610. The third kappa shape index (κ3) is 6.95. The van der Waals surface area contributed by atoms with Gasteiger partial charge in [-0.1, -0.05) is 30.7 Å². The van der Waals surface area contributed by atoms with Crippen LogP contribution in [0.15, 0.2) is 24.3 Å². The predicted octanol–water partition coefficient (Wildman–Crippen LogP) is 3.94. The molecule has 1 N–H and O–H groups in total. The molecule has 0 saturated carbocycles. The first-order chi connectivity index (χ1) is 9.13. The zero-order valence-electron chi connectivity index (χ0n) is 12.5. The number of rotatable bonds is 9. The van der Waals surface area contributed by atoms with Gasteiger partial charge in [0.1, 0.15) is 0 Å². The van der Waals surface area contributed by atoms with Crippen LogP contribution in [0.1, 0.15) is 38.7 Å². The highest BCUT2D eigenvalue weighted by Crippen LogP contribution is 2.13. The Hall–Kier alpha value is -0.570. The summed E-state index contributed by atoms with van der Waals surface area (Å²) >= 11 is 5.90. The van der Waals surface area contributed by atoms with E-state index >= 15 is 0 Å². The summed E-state index contributed by atoms with van der Waals surface area (Å²) in [5, 5.41) is 4.26. The molecule has 1 aromatic rings. The normalized spacial score (nSPS) is 12.9. The molecule has 0 saturated heterocycles. The largest absolute Gasteiger partial charge is 0.317 e. The maximum Gasteiger partial charge on any atom is 0.0406 e. The van der Waals surface area contributed by atoms with Crippen molar-refractivity contribution in [2.45, 2.75) is 45.7 Å². The quantitative estimate of drug-likeness (QED) is 0.690. The first-order valence-corrected chi connectivity index (χ1v) is 7.66. The molecule has 2 nitrogen and oxygen atoms in total. The topological polar surface area (TPSA) is 15.3 Å². The molecule has 0 radical (unpaired) electrons. The van der Waals surface area contributed by atoms with Gasteiger partial charge in [0.2, 0.25) is 0 Å². The Morgan fingerprint density at radius 2 is 1.89 bits per heavy atom. The van der Waals surface area contributed by atoms with E-state index in [1.807, 2.05) is 12.1 Å². The fourth-order valence-corrected chi connectivity index (χ4v) is 2.20. The molecule has 0 spiro atoms. The zero-order valence-corrected chi connectivity index (χ0v) is 13.2. The molecule has 19 heavy (non-hydrogen) atoms. The van der Waals surface area contributed by atoms with E-state index in [2.05, 4.69) is 43.2 Å². The molecule has 1 atom stereocenters. The lowest BCUT2D eigenvalue weighted by molar-refractivity contribution is 0.234. The highest BCUT2D eigenvalue weighted by molar-refractivity contribution is 6.30. The molecular formula is C16H27ClN2. The second-order valence-electron chi connectivity index (χ2n) is 5.28.